The molecule has 0 bridgehead atoms. The van der Waals surface area contributed by atoms with Crippen LogP contribution in [0, 0.1) is 6.92 Å². The first-order chi connectivity index (χ1) is 8.65. The fourth-order valence-corrected chi connectivity index (χ4v) is 4.33. The van der Waals surface area contributed by atoms with Gasteiger partial charge in [0.25, 0.3) is 0 Å². The van der Waals surface area contributed by atoms with E-state index in [0.717, 1.165) is 14.8 Å². The highest BCUT2D eigenvalue weighted by Crippen LogP contribution is 2.37. The van der Waals surface area contributed by atoms with Crippen molar-refractivity contribution in [2.75, 3.05) is 0 Å². The minimum atomic E-state index is -0.0707. The topological polar surface area (TPSA) is 26.0 Å². The third-order valence-corrected chi connectivity index (χ3v) is 5.77. The van der Waals surface area contributed by atoms with Crippen molar-refractivity contribution in [2.45, 2.75) is 13.0 Å². The van der Waals surface area contributed by atoms with E-state index in [0.29, 0.717) is 0 Å². The molecule has 1 aromatic carbocycles. The summed E-state index contributed by atoms with van der Waals surface area (Å²) in [5, 5.41) is 1.26. The second-order valence-electron chi connectivity index (χ2n) is 4.27. The van der Waals surface area contributed by atoms with E-state index in [2.05, 4.69) is 36.4 Å². The normalized spacial score (nSPS) is 13.1. The second-order valence-corrected chi connectivity index (χ2v) is 7.07. The highest BCUT2D eigenvalue weighted by molar-refractivity contribution is 7.19. The summed E-state index contributed by atoms with van der Waals surface area (Å²) in [6.07, 6.45) is 0. The molecule has 0 spiro atoms. The number of fused-ring (bicyclic) bond motifs is 1. The number of nitrogens with two attached hydrogens (primary N) is 1. The van der Waals surface area contributed by atoms with Crippen LogP contribution in [0.5, 0.6) is 0 Å². The Balaban J connectivity index is 2.03. The smallest absolute Gasteiger partial charge is 0.0961 e. The lowest BCUT2D eigenvalue weighted by Gasteiger charge is -2.05. The Hall–Kier alpha value is -0.870. The van der Waals surface area contributed by atoms with Gasteiger partial charge in [-0.1, -0.05) is 29.8 Å². The van der Waals surface area contributed by atoms with Crippen molar-refractivity contribution in [2.24, 2.45) is 5.73 Å². The maximum atomic E-state index is 6.32. The number of hydrogen-bond acceptors (Lipinski definition) is 3. The van der Waals surface area contributed by atoms with Crippen LogP contribution in [0.15, 0.2) is 36.4 Å². The van der Waals surface area contributed by atoms with Gasteiger partial charge in [-0.25, -0.2) is 0 Å². The maximum Gasteiger partial charge on any atom is 0.0961 e. The van der Waals surface area contributed by atoms with Gasteiger partial charge in [-0.15, -0.1) is 22.7 Å². The van der Waals surface area contributed by atoms with Gasteiger partial charge < -0.3 is 5.73 Å². The molecule has 1 nitrogen and oxygen atoms in total. The van der Waals surface area contributed by atoms with Gasteiger partial charge in [0.2, 0.25) is 0 Å². The van der Waals surface area contributed by atoms with E-state index < -0.39 is 0 Å². The first-order valence-corrected chi connectivity index (χ1v) is 7.66. The third-order valence-electron chi connectivity index (χ3n) is 2.93. The van der Waals surface area contributed by atoms with Gasteiger partial charge in [0.15, 0.2) is 0 Å². The lowest BCUT2D eigenvalue weighted by atomic mass is 10.1. The monoisotopic (exact) mass is 293 g/mol. The molecule has 0 saturated carbocycles. The van der Waals surface area contributed by atoms with E-state index in [-0.39, 0.29) is 6.04 Å². The third kappa shape index (κ3) is 2.08. The van der Waals surface area contributed by atoms with Crippen LogP contribution in [-0.4, -0.2) is 0 Å². The van der Waals surface area contributed by atoms with Crippen LogP contribution in [-0.2, 0) is 0 Å². The molecule has 18 heavy (non-hydrogen) atoms. The second kappa shape index (κ2) is 4.67. The van der Waals surface area contributed by atoms with Gasteiger partial charge in [-0.05, 0) is 36.1 Å². The zero-order valence-corrected chi connectivity index (χ0v) is 12.2. The van der Waals surface area contributed by atoms with Crippen LogP contribution in [0.2, 0.25) is 4.34 Å². The zero-order chi connectivity index (χ0) is 12.7. The van der Waals surface area contributed by atoms with Gasteiger partial charge in [-0.3, -0.25) is 0 Å². The molecule has 0 radical (unpaired) electrons. The Morgan fingerprint density at radius 1 is 1.11 bits per heavy atom. The molecule has 1 atom stereocenters. The summed E-state index contributed by atoms with van der Waals surface area (Å²) < 4.78 is 2.11. The van der Waals surface area contributed by atoms with E-state index in [1.165, 1.54) is 15.0 Å². The first-order valence-electron chi connectivity index (χ1n) is 5.65. The minimum Gasteiger partial charge on any atom is -0.319 e. The SMILES string of the molecule is Cc1cc(C(N)c2cc3ccccc3s2)sc1Cl. The van der Waals surface area contributed by atoms with E-state index >= 15 is 0 Å². The fraction of sp³-hybridized carbons (Fsp3) is 0.143. The standard InChI is InChI=1S/C14H12ClNS2/c1-8-6-11(18-14(8)15)13(16)12-7-9-4-2-3-5-10(9)17-12/h2-7,13H,16H2,1H3. The van der Waals surface area contributed by atoms with Crippen molar-refractivity contribution in [3.05, 3.63) is 56.1 Å². The van der Waals surface area contributed by atoms with E-state index in [4.69, 9.17) is 17.3 Å². The molecule has 3 rings (SSSR count). The molecule has 3 aromatic rings. The lowest BCUT2D eigenvalue weighted by Crippen LogP contribution is -2.07. The van der Waals surface area contributed by atoms with E-state index in [9.17, 15) is 0 Å². The summed E-state index contributed by atoms with van der Waals surface area (Å²) in [6, 6.07) is 12.5. The van der Waals surface area contributed by atoms with Gasteiger partial charge in [0.05, 0.1) is 10.4 Å². The molecule has 0 aliphatic heterocycles. The van der Waals surface area contributed by atoms with Crippen LogP contribution in [0.1, 0.15) is 21.4 Å². The molecule has 0 fully saturated rings. The highest BCUT2D eigenvalue weighted by Gasteiger charge is 2.15. The largest absolute Gasteiger partial charge is 0.319 e. The summed E-state index contributed by atoms with van der Waals surface area (Å²) in [6.45, 7) is 2.01. The predicted molar refractivity (Wildman–Crippen MR) is 81.9 cm³/mol. The number of rotatable bonds is 2. The Bertz CT molecular complexity index is 646. The number of thiophene rings is 2. The lowest BCUT2D eigenvalue weighted by molar-refractivity contribution is 0.917. The average Bonchev–Trinajstić information content (AvgIpc) is 2.93. The Labute approximate surface area is 119 Å². The van der Waals surface area contributed by atoms with Crippen LogP contribution < -0.4 is 5.73 Å². The molecule has 2 heterocycles. The molecule has 2 N–H and O–H groups in total. The maximum absolute atomic E-state index is 6.32. The Morgan fingerprint density at radius 3 is 2.50 bits per heavy atom. The van der Waals surface area contributed by atoms with E-state index in [1.54, 1.807) is 22.7 Å². The van der Waals surface area contributed by atoms with Gasteiger partial charge in [-0.2, -0.15) is 0 Å². The molecule has 92 valence electrons. The number of halogens is 1. The van der Waals surface area contributed by atoms with Crippen molar-refractivity contribution in [1.82, 2.24) is 0 Å². The molecular formula is C14H12ClNS2. The summed E-state index contributed by atoms with van der Waals surface area (Å²) in [4.78, 5) is 2.32. The van der Waals surface area contributed by atoms with Crippen LogP contribution in [0.4, 0.5) is 0 Å². The van der Waals surface area contributed by atoms with Gasteiger partial charge in [0, 0.05) is 14.5 Å². The van der Waals surface area contributed by atoms with Crippen molar-refractivity contribution in [1.29, 1.82) is 0 Å². The molecule has 0 aliphatic carbocycles. The number of aryl methyl sites for hydroxylation is 1. The van der Waals surface area contributed by atoms with Crippen molar-refractivity contribution < 1.29 is 0 Å². The summed E-state index contributed by atoms with van der Waals surface area (Å²) in [7, 11) is 0. The van der Waals surface area contributed by atoms with Gasteiger partial charge in [0.1, 0.15) is 0 Å². The molecular weight excluding hydrogens is 282 g/mol. The quantitative estimate of drug-likeness (QED) is 0.709. The van der Waals surface area contributed by atoms with Crippen LogP contribution in [0.3, 0.4) is 0 Å². The number of benzene rings is 1. The molecule has 2 aromatic heterocycles. The fourth-order valence-electron chi connectivity index (χ4n) is 1.93. The van der Waals surface area contributed by atoms with Crippen molar-refractivity contribution in [3.8, 4) is 0 Å². The van der Waals surface area contributed by atoms with Gasteiger partial charge >= 0.3 is 0 Å². The van der Waals surface area contributed by atoms with Crippen molar-refractivity contribution >= 4 is 44.4 Å². The molecule has 0 amide bonds. The molecule has 4 heteroatoms. The summed E-state index contributed by atoms with van der Waals surface area (Å²) in [5.74, 6) is 0. The summed E-state index contributed by atoms with van der Waals surface area (Å²) in [5.41, 5.74) is 7.43. The van der Waals surface area contributed by atoms with E-state index in [1.807, 2.05) is 6.92 Å². The molecule has 0 aliphatic rings. The minimum absolute atomic E-state index is 0.0707. The Morgan fingerprint density at radius 2 is 1.83 bits per heavy atom. The highest BCUT2D eigenvalue weighted by atomic mass is 35.5. The first kappa shape index (κ1) is 12.2. The molecule has 1 unspecified atom stereocenters. The molecule has 0 saturated heterocycles. The Kier molecular flexibility index (Phi) is 3.16. The van der Waals surface area contributed by atoms with Crippen LogP contribution >= 0.6 is 34.3 Å². The van der Waals surface area contributed by atoms with Crippen molar-refractivity contribution in [3.63, 3.8) is 0 Å². The average molecular weight is 294 g/mol. The summed E-state index contributed by atoms with van der Waals surface area (Å²) >= 11 is 9.43. The zero-order valence-electron chi connectivity index (χ0n) is 9.81. The van der Waals surface area contributed by atoms with Crippen LogP contribution in [0.25, 0.3) is 10.1 Å². The predicted octanol–water partition coefficient (Wildman–Crippen LogP) is 4.97. The number of hydrogen-bond donors (Lipinski definition) is 1.